The Morgan fingerprint density at radius 2 is 2.25 bits per heavy atom. The Balaban J connectivity index is 2.70. The molecule has 0 saturated heterocycles. The van der Waals surface area contributed by atoms with Crippen LogP contribution in [0.15, 0.2) is 12.4 Å². The number of carbonyl (C=O) groups is 2. The van der Waals surface area contributed by atoms with Crippen LogP contribution in [0.2, 0.25) is 0 Å². The molecule has 2 atom stereocenters. The summed E-state index contributed by atoms with van der Waals surface area (Å²) in [6.45, 7) is 1.94. The number of carboxylic acid groups (broad SMARTS) is 1. The van der Waals surface area contributed by atoms with Gasteiger partial charge in [0, 0.05) is 18.8 Å². The highest BCUT2D eigenvalue weighted by molar-refractivity contribution is 5.83. The molecule has 20 heavy (non-hydrogen) atoms. The smallest absolute Gasteiger partial charge is 0.331 e. The van der Waals surface area contributed by atoms with Gasteiger partial charge in [-0.05, 0) is 6.42 Å². The van der Waals surface area contributed by atoms with E-state index in [2.05, 4.69) is 21.7 Å². The molecule has 0 radical (unpaired) electrons. The van der Waals surface area contributed by atoms with Gasteiger partial charge in [-0.2, -0.15) is 5.10 Å². The molecule has 0 aliphatic carbocycles. The van der Waals surface area contributed by atoms with Gasteiger partial charge in [0.25, 0.3) is 0 Å². The van der Waals surface area contributed by atoms with Crippen molar-refractivity contribution in [3.05, 3.63) is 18.0 Å². The molecule has 0 bridgehead atoms. The van der Waals surface area contributed by atoms with E-state index in [-0.39, 0.29) is 0 Å². The SMILES string of the molecule is C#CC(CCC)NC(=O)NC(C(=O)O)c1cnn(C)c1. The van der Waals surface area contributed by atoms with Gasteiger partial charge in [0.1, 0.15) is 0 Å². The summed E-state index contributed by atoms with van der Waals surface area (Å²) in [5, 5.41) is 18.0. The van der Waals surface area contributed by atoms with E-state index in [0.29, 0.717) is 12.0 Å². The van der Waals surface area contributed by atoms with E-state index in [0.717, 1.165) is 6.42 Å². The second-order valence-electron chi connectivity index (χ2n) is 4.34. The number of rotatable bonds is 6. The van der Waals surface area contributed by atoms with Gasteiger partial charge in [-0.15, -0.1) is 6.42 Å². The van der Waals surface area contributed by atoms with Crippen molar-refractivity contribution >= 4 is 12.0 Å². The first-order valence-electron chi connectivity index (χ1n) is 6.22. The molecule has 0 spiro atoms. The van der Waals surface area contributed by atoms with Gasteiger partial charge >= 0.3 is 12.0 Å². The van der Waals surface area contributed by atoms with E-state index in [1.165, 1.54) is 17.1 Å². The maximum atomic E-state index is 11.8. The first kappa shape index (κ1) is 15.6. The van der Waals surface area contributed by atoms with E-state index in [1.54, 1.807) is 7.05 Å². The molecule has 1 rings (SSSR count). The van der Waals surface area contributed by atoms with Crippen molar-refractivity contribution in [2.75, 3.05) is 0 Å². The third kappa shape index (κ3) is 4.31. The van der Waals surface area contributed by atoms with Gasteiger partial charge in [-0.1, -0.05) is 19.3 Å². The Hall–Kier alpha value is -2.49. The summed E-state index contributed by atoms with van der Waals surface area (Å²) in [7, 11) is 1.66. The number of aryl methyl sites for hydroxylation is 1. The maximum absolute atomic E-state index is 11.8. The van der Waals surface area contributed by atoms with Crippen molar-refractivity contribution in [3.8, 4) is 12.3 Å². The molecule has 0 fully saturated rings. The zero-order chi connectivity index (χ0) is 15.1. The number of urea groups is 1. The fraction of sp³-hybridized carbons (Fsp3) is 0.462. The molecule has 1 heterocycles. The van der Waals surface area contributed by atoms with Crippen molar-refractivity contribution in [2.45, 2.75) is 31.8 Å². The Morgan fingerprint density at radius 1 is 1.55 bits per heavy atom. The summed E-state index contributed by atoms with van der Waals surface area (Å²) in [6.07, 6.45) is 9.67. The Kier molecular flexibility index (Phi) is 5.59. The number of nitrogens with one attached hydrogen (secondary N) is 2. The molecule has 0 aliphatic heterocycles. The molecule has 1 aromatic heterocycles. The van der Waals surface area contributed by atoms with Crippen LogP contribution in [0.5, 0.6) is 0 Å². The van der Waals surface area contributed by atoms with Crippen LogP contribution in [0, 0.1) is 12.3 Å². The molecule has 2 amide bonds. The second-order valence-corrected chi connectivity index (χ2v) is 4.34. The van der Waals surface area contributed by atoms with Crippen molar-refractivity contribution in [2.24, 2.45) is 7.05 Å². The van der Waals surface area contributed by atoms with E-state index in [4.69, 9.17) is 11.5 Å². The fourth-order valence-corrected chi connectivity index (χ4v) is 1.69. The molecular weight excluding hydrogens is 260 g/mol. The zero-order valence-corrected chi connectivity index (χ0v) is 11.5. The largest absolute Gasteiger partial charge is 0.479 e. The first-order chi connectivity index (χ1) is 9.47. The standard InChI is InChI=1S/C13H18N4O3/c1-4-6-10(5-2)15-13(20)16-11(12(18)19)9-7-14-17(3)8-9/h2,7-8,10-11H,4,6H2,1,3H3,(H,18,19)(H2,15,16,20). The number of hydrogen-bond donors (Lipinski definition) is 3. The molecular formula is C13H18N4O3. The molecule has 108 valence electrons. The van der Waals surface area contributed by atoms with Gasteiger partial charge < -0.3 is 15.7 Å². The molecule has 0 aliphatic rings. The lowest BCUT2D eigenvalue weighted by atomic mass is 10.1. The van der Waals surface area contributed by atoms with Crippen molar-refractivity contribution in [3.63, 3.8) is 0 Å². The summed E-state index contributed by atoms with van der Waals surface area (Å²) in [5.41, 5.74) is 0.392. The van der Waals surface area contributed by atoms with Crippen molar-refractivity contribution in [1.29, 1.82) is 0 Å². The number of nitrogens with zero attached hydrogens (tertiary/aromatic N) is 2. The number of carbonyl (C=O) groups excluding carboxylic acids is 1. The van der Waals surface area contributed by atoms with Gasteiger partial charge in [0.05, 0.1) is 12.2 Å². The third-order valence-corrected chi connectivity index (χ3v) is 2.66. The number of aromatic nitrogens is 2. The van der Waals surface area contributed by atoms with Gasteiger partial charge in [-0.25, -0.2) is 9.59 Å². The molecule has 2 unspecified atom stereocenters. The van der Waals surface area contributed by atoms with Gasteiger partial charge in [-0.3, -0.25) is 4.68 Å². The Bertz CT molecular complexity index is 518. The first-order valence-corrected chi connectivity index (χ1v) is 6.22. The third-order valence-electron chi connectivity index (χ3n) is 2.66. The number of amides is 2. The lowest BCUT2D eigenvalue weighted by molar-refractivity contribution is -0.139. The van der Waals surface area contributed by atoms with Crippen LogP contribution in [-0.2, 0) is 11.8 Å². The average molecular weight is 278 g/mol. The molecule has 1 aromatic rings. The number of carboxylic acids is 1. The van der Waals surface area contributed by atoms with E-state index >= 15 is 0 Å². The van der Waals surface area contributed by atoms with Crippen LogP contribution < -0.4 is 10.6 Å². The summed E-state index contributed by atoms with van der Waals surface area (Å²) >= 11 is 0. The summed E-state index contributed by atoms with van der Waals surface area (Å²) in [4.78, 5) is 23.0. The minimum atomic E-state index is -1.17. The van der Waals surface area contributed by atoms with E-state index < -0.39 is 24.1 Å². The van der Waals surface area contributed by atoms with Gasteiger partial charge in [0.2, 0.25) is 0 Å². The summed E-state index contributed by atoms with van der Waals surface area (Å²) in [6, 6.07) is -2.19. The highest BCUT2D eigenvalue weighted by Gasteiger charge is 2.24. The lowest BCUT2D eigenvalue weighted by Crippen LogP contribution is -2.44. The Labute approximate surface area is 117 Å². The number of terminal acetylenes is 1. The average Bonchev–Trinajstić information content (AvgIpc) is 2.81. The van der Waals surface area contributed by atoms with Crippen LogP contribution >= 0.6 is 0 Å². The molecule has 0 saturated carbocycles. The fourth-order valence-electron chi connectivity index (χ4n) is 1.69. The number of aliphatic carboxylic acids is 1. The highest BCUT2D eigenvalue weighted by atomic mass is 16.4. The molecule has 0 aromatic carbocycles. The number of hydrogen-bond acceptors (Lipinski definition) is 3. The highest BCUT2D eigenvalue weighted by Crippen LogP contribution is 2.11. The maximum Gasteiger partial charge on any atom is 0.331 e. The minimum Gasteiger partial charge on any atom is -0.479 e. The quantitative estimate of drug-likeness (QED) is 0.665. The molecule has 3 N–H and O–H groups in total. The predicted molar refractivity (Wildman–Crippen MR) is 72.8 cm³/mol. The molecule has 7 nitrogen and oxygen atoms in total. The van der Waals surface area contributed by atoms with Crippen LogP contribution in [0.1, 0.15) is 31.4 Å². The topological polar surface area (TPSA) is 96.2 Å². The predicted octanol–water partition coefficient (Wildman–Crippen LogP) is 0.647. The summed E-state index contributed by atoms with van der Waals surface area (Å²) in [5.74, 6) is 1.28. The zero-order valence-electron chi connectivity index (χ0n) is 11.5. The van der Waals surface area contributed by atoms with Gasteiger partial charge in [0.15, 0.2) is 6.04 Å². The minimum absolute atomic E-state index is 0.392. The lowest BCUT2D eigenvalue weighted by Gasteiger charge is -2.16. The molecule has 7 heteroatoms. The van der Waals surface area contributed by atoms with Crippen LogP contribution in [0.3, 0.4) is 0 Å². The normalized spacial score (nSPS) is 13.1. The van der Waals surface area contributed by atoms with Crippen LogP contribution in [0.25, 0.3) is 0 Å². The second kappa shape index (κ2) is 7.19. The van der Waals surface area contributed by atoms with Crippen LogP contribution in [0.4, 0.5) is 4.79 Å². The monoisotopic (exact) mass is 278 g/mol. The van der Waals surface area contributed by atoms with Crippen LogP contribution in [-0.4, -0.2) is 32.9 Å². The van der Waals surface area contributed by atoms with Crippen molar-refractivity contribution in [1.82, 2.24) is 20.4 Å². The van der Waals surface area contributed by atoms with Crippen molar-refractivity contribution < 1.29 is 14.7 Å². The van der Waals surface area contributed by atoms with E-state index in [1.807, 2.05) is 6.92 Å². The Morgan fingerprint density at radius 3 is 2.70 bits per heavy atom. The van der Waals surface area contributed by atoms with E-state index in [9.17, 15) is 9.59 Å². The summed E-state index contributed by atoms with van der Waals surface area (Å²) < 4.78 is 1.46.